The fourth-order valence-electron chi connectivity index (χ4n) is 2.98. The van der Waals surface area contributed by atoms with Crippen LogP contribution in [0.4, 0.5) is 13.2 Å². The Balaban J connectivity index is 2.36. The van der Waals surface area contributed by atoms with E-state index in [1.54, 1.807) is 0 Å². The molecule has 1 heterocycles. The van der Waals surface area contributed by atoms with Crippen LogP contribution in [0.5, 0.6) is 0 Å². The Kier molecular flexibility index (Phi) is 7.15. The highest BCUT2D eigenvalue weighted by molar-refractivity contribution is 7.89. The van der Waals surface area contributed by atoms with Crippen molar-refractivity contribution < 1.29 is 26.4 Å². The summed E-state index contributed by atoms with van der Waals surface area (Å²) >= 11 is 6.05. The van der Waals surface area contributed by atoms with Gasteiger partial charge in [-0.25, -0.2) is 8.42 Å². The number of carbonyl (C=O) groups excluding carboxylic acids is 1. The van der Waals surface area contributed by atoms with E-state index in [4.69, 9.17) is 11.6 Å². The van der Waals surface area contributed by atoms with Crippen molar-refractivity contribution in [2.75, 3.05) is 26.2 Å². The number of rotatable bonds is 5. The van der Waals surface area contributed by atoms with Gasteiger partial charge in [0.15, 0.2) is 0 Å². The van der Waals surface area contributed by atoms with Crippen molar-refractivity contribution in [3.05, 3.63) is 28.8 Å². The first kappa shape index (κ1) is 22.0. The normalized spacial score (nSPS) is 16.8. The fraction of sp³-hybridized carbons (Fsp3) is 0.588. The lowest BCUT2D eigenvalue weighted by molar-refractivity contribution is -0.140. The van der Waals surface area contributed by atoms with Crippen molar-refractivity contribution in [1.29, 1.82) is 0 Å². The van der Waals surface area contributed by atoms with Crippen LogP contribution in [0.15, 0.2) is 23.1 Å². The molecule has 0 atom stereocenters. The predicted molar refractivity (Wildman–Crippen MR) is 96.3 cm³/mol. The second-order valence-electron chi connectivity index (χ2n) is 6.40. The number of carbonyl (C=O) groups is 1. The number of sulfonamides is 1. The minimum absolute atomic E-state index is 0.0605. The molecule has 0 saturated carbocycles. The maximum Gasteiger partial charge on any atom is 0.406 e. The molecule has 1 aromatic carbocycles. The predicted octanol–water partition coefficient (Wildman–Crippen LogP) is 3.93. The number of amides is 1. The monoisotopic (exact) mass is 426 g/mol. The third-order valence-electron chi connectivity index (χ3n) is 4.40. The number of hydrogen-bond donors (Lipinski definition) is 0. The highest BCUT2D eigenvalue weighted by Gasteiger charge is 2.33. The third-order valence-corrected chi connectivity index (χ3v) is 6.78. The summed E-state index contributed by atoms with van der Waals surface area (Å²) < 4.78 is 65.2. The Hall–Kier alpha value is -1.32. The van der Waals surface area contributed by atoms with Crippen LogP contribution in [0.2, 0.25) is 5.02 Å². The molecule has 1 aromatic rings. The standard InChI is InChI=1S/C17H22ClF3N2O3S/c1-2-22(12-17(19,20)21)16(24)13-7-8-14(18)15(11-13)27(25,26)23-9-5-3-4-6-10-23/h7-8,11H,2-6,9-10,12H2,1H3. The van der Waals surface area contributed by atoms with Crippen molar-refractivity contribution in [3.63, 3.8) is 0 Å². The lowest BCUT2D eigenvalue weighted by atomic mass is 10.2. The topological polar surface area (TPSA) is 57.7 Å². The van der Waals surface area contributed by atoms with E-state index in [0.29, 0.717) is 18.0 Å². The molecule has 1 saturated heterocycles. The molecule has 10 heteroatoms. The smallest absolute Gasteiger partial charge is 0.330 e. The van der Waals surface area contributed by atoms with Crippen LogP contribution in [0.3, 0.4) is 0 Å². The molecule has 5 nitrogen and oxygen atoms in total. The van der Waals surface area contributed by atoms with Gasteiger partial charge in [0, 0.05) is 25.2 Å². The SMILES string of the molecule is CCN(CC(F)(F)F)C(=O)c1ccc(Cl)c(S(=O)(=O)N2CCCCCC2)c1. The zero-order chi connectivity index (χ0) is 20.2. The summed E-state index contributed by atoms with van der Waals surface area (Å²) in [5.41, 5.74) is -0.140. The zero-order valence-corrected chi connectivity index (χ0v) is 16.5. The number of nitrogens with zero attached hydrogens (tertiary/aromatic N) is 2. The van der Waals surface area contributed by atoms with Crippen LogP contribution in [0, 0.1) is 0 Å². The fourth-order valence-corrected chi connectivity index (χ4v) is 5.00. The van der Waals surface area contributed by atoms with E-state index in [1.807, 2.05) is 0 Å². The Labute approximate surface area is 162 Å². The van der Waals surface area contributed by atoms with Gasteiger partial charge in [-0.05, 0) is 38.0 Å². The molecular formula is C17H22ClF3N2O3S. The van der Waals surface area contributed by atoms with E-state index < -0.39 is 28.7 Å². The van der Waals surface area contributed by atoms with Gasteiger partial charge in [-0.15, -0.1) is 0 Å². The molecule has 0 spiro atoms. The van der Waals surface area contributed by atoms with E-state index in [-0.39, 0.29) is 22.0 Å². The van der Waals surface area contributed by atoms with Crippen LogP contribution in [-0.4, -0.2) is 55.9 Å². The molecule has 1 aliphatic rings. The average Bonchev–Trinajstić information content (AvgIpc) is 2.88. The molecule has 0 bridgehead atoms. The molecule has 152 valence electrons. The average molecular weight is 427 g/mol. The quantitative estimate of drug-likeness (QED) is 0.716. The summed E-state index contributed by atoms with van der Waals surface area (Å²) in [6.07, 6.45) is -1.23. The Morgan fingerprint density at radius 1 is 1.19 bits per heavy atom. The van der Waals surface area contributed by atoms with Gasteiger partial charge in [-0.2, -0.15) is 17.5 Å². The van der Waals surface area contributed by atoms with Gasteiger partial charge in [0.25, 0.3) is 5.91 Å². The molecule has 0 aromatic heterocycles. The van der Waals surface area contributed by atoms with Crippen LogP contribution in [0.1, 0.15) is 43.0 Å². The van der Waals surface area contributed by atoms with Crippen molar-refractivity contribution in [1.82, 2.24) is 9.21 Å². The number of alkyl halides is 3. The second kappa shape index (κ2) is 8.79. The van der Waals surface area contributed by atoms with Crippen LogP contribution in [0.25, 0.3) is 0 Å². The van der Waals surface area contributed by atoms with Crippen LogP contribution in [-0.2, 0) is 10.0 Å². The van der Waals surface area contributed by atoms with Crippen LogP contribution >= 0.6 is 11.6 Å². The minimum atomic E-state index is -4.54. The van der Waals surface area contributed by atoms with Crippen molar-refractivity contribution in [3.8, 4) is 0 Å². The summed E-state index contributed by atoms with van der Waals surface area (Å²) in [5.74, 6) is -0.890. The maximum atomic E-state index is 12.9. The molecular weight excluding hydrogens is 405 g/mol. The minimum Gasteiger partial charge on any atom is -0.330 e. The molecule has 1 aliphatic heterocycles. The molecule has 0 N–H and O–H groups in total. The summed E-state index contributed by atoms with van der Waals surface area (Å²) in [7, 11) is -3.93. The second-order valence-corrected chi connectivity index (χ2v) is 8.71. The van der Waals surface area contributed by atoms with E-state index in [2.05, 4.69) is 0 Å². The Morgan fingerprint density at radius 2 is 1.78 bits per heavy atom. The van der Waals surface area contributed by atoms with Crippen molar-refractivity contribution in [2.24, 2.45) is 0 Å². The van der Waals surface area contributed by atoms with Gasteiger partial charge in [-0.3, -0.25) is 4.79 Å². The molecule has 1 amide bonds. The van der Waals surface area contributed by atoms with E-state index in [0.717, 1.165) is 31.7 Å². The molecule has 1 fully saturated rings. The van der Waals surface area contributed by atoms with Gasteiger partial charge >= 0.3 is 6.18 Å². The van der Waals surface area contributed by atoms with Crippen LogP contribution < -0.4 is 0 Å². The zero-order valence-electron chi connectivity index (χ0n) is 14.9. The van der Waals surface area contributed by atoms with Gasteiger partial charge in [0.2, 0.25) is 10.0 Å². The molecule has 0 radical (unpaired) electrons. The molecule has 2 rings (SSSR count). The van der Waals surface area contributed by atoms with E-state index >= 15 is 0 Å². The maximum absolute atomic E-state index is 12.9. The number of benzene rings is 1. The van der Waals surface area contributed by atoms with Gasteiger partial charge in [-0.1, -0.05) is 24.4 Å². The lowest BCUT2D eigenvalue weighted by Crippen LogP contribution is -2.39. The van der Waals surface area contributed by atoms with Crippen molar-refractivity contribution >= 4 is 27.5 Å². The highest BCUT2D eigenvalue weighted by Crippen LogP contribution is 2.28. The van der Waals surface area contributed by atoms with Gasteiger partial charge in [0.1, 0.15) is 11.4 Å². The first-order chi connectivity index (χ1) is 12.6. The lowest BCUT2D eigenvalue weighted by Gasteiger charge is -2.24. The van der Waals surface area contributed by atoms with Crippen molar-refractivity contribution in [2.45, 2.75) is 43.7 Å². The summed E-state index contributed by atoms with van der Waals surface area (Å²) in [6, 6.07) is 3.55. The summed E-state index contributed by atoms with van der Waals surface area (Å²) in [5, 5.41) is -0.0605. The van der Waals surface area contributed by atoms with E-state index in [1.165, 1.54) is 23.4 Å². The highest BCUT2D eigenvalue weighted by atomic mass is 35.5. The Morgan fingerprint density at radius 3 is 2.30 bits per heavy atom. The number of hydrogen-bond acceptors (Lipinski definition) is 3. The number of halogens is 4. The summed E-state index contributed by atoms with van der Waals surface area (Å²) in [4.78, 5) is 12.8. The third kappa shape index (κ3) is 5.58. The largest absolute Gasteiger partial charge is 0.406 e. The molecule has 0 aliphatic carbocycles. The van der Waals surface area contributed by atoms with E-state index in [9.17, 15) is 26.4 Å². The molecule has 27 heavy (non-hydrogen) atoms. The first-order valence-electron chi connectivity index (χ1n) is 8.72. The van der Waals surface area contributed by atoms with Gasteiger partial charge < -0.3 is 4.90 Å². The first-order valence-corrected chi connectivity index (χ1v) is 10.5. The molecule has 0 unspecified atom stereocenters. The summed E-state index contributed by atoms with van der Waals surface area (Å²) in [6.45, 7) is 0.570. The van der Waals surface area contributed by atoms with Gasteiger partial charge in [0.05, 0.1) is 5.02 Å². The Bertz CT molecular complexity index is 776.